The number of carbonyl (C=O) groups is 5. The minimum absolute atomic E-state index is 0.132. The van der Waals surface area contributed by atoms with E-state index in [0.717, 1.165) is 0 Å². The summed E-state index contributed by atoms with van der Waals surface area (Å²) in [7, 11) is 0. The molecule has 0 heterocycles. The lowest BCUT2D eigenvalue weighted by molar-refractivity contribution is -0.143. The molecular weight excluding hydrogens is 458 g/mol. The number of amides is 3. The third kappa shape index (κ3) is 13.1. The Labute approximate surface area is 206 Å². The Morgan fingerprint density at radius 2 is 1.43 bits per heavy atom. The first-order chi connectivity index (χ1) is 16.3. The van der Waals surface area contributed by atoms with Crippen molar-refractivity contribution in [2.45, 2.75) is 96.8 Å². The maximum absolute atomic E-state index is 13.0. The number of carboxylic acid groups (broad SMARTS) is 2. The second-order valence-electron chi connectivity index (χ2n) is 9.29. The highest BCUT2D eigenvalue weighted by Gasteiger charge is 2.32. The van der Waals surface area contributed by atoms with Gasteiger partial charge in [0.15, 0.2) is 0 Å². The number of carbonyl (C=O) groups excluding carboxylic acids is 3. The Morgan fingerprint density at radius 1 is 0.829 bits per heavy atom. The Hall–Kier alpha value is -2.73. The summed E-state index contributed by atoms with van der Waals surface area (Å²) in [6, 6.07) is -4.34. The first-order valence-corrected chi connectivity index (χ1v) is 12.1. The van der Waals surface area contributed by atoms with E-state index >= 15 is 0 Å². The lowest BCUT2D eigenvalue weighted by atomic mass is 9.96. The molecule has 9 N–H and O–H groups in total. The third-order valence-corrected chi connectivity index (χ3v) is 5.70. The molecule has 202 valence electrons. The fourth-order valence-corrected chi connectivity index (χ4v) is 3.40. The van der Waals surface area contributed by atoms with Crippen molar-refractivity contribution in [1.82, 2.24) is 16.0 Å². The number of hydrogen-bond donors (Lipinski definition) is 7. The molecule has 35 heavy (non-hydrogen) atoms. The fourth-order valence-electron chi connectivity index (χ4n) is 3.40. The molecule has 0 aromatic heterocycles. The molecule has 0 spiro atoms. The van der Waals surface area contributed by atoms with E-state index in [9.17, 15) is 29.1 Å². The van der Waals surface area contributed by atoms with E-state index in [-0.39, 0.29) is 31.1 Å². The minimum Gasteiger partial charge on any atom is -0.481 e. The lowest BCUT2D eigenvalue weighted by Gasteiger charge is -2.28. The van der Waals surface area contributed by atoms with Crippen LogP contribution in [-0.2, 0) is 24.0 Å². The Kier molecular flexibility index (Phi) is 15.5. The van der Waals surface area contributed by atoms with E-state index in [0.29, 0.717) is 32.2 Å². The van der Waals surface area contributed by atoms with Gasteiger partial charge in [-0.1, -0.05) is 34.1 Å². The van der Waals surface area contributed by atoms with Gasteiger partial charge in [-0.25, -0.2) is 4.79 Å². The number of unbranched alkanes of at least 4 members (excludes halogenated alkanes) is 1. The zero-order valence-electron chi connectivity index (χ0n) is 21.2. The summed E-state index contributed by atoms with van der Waals surface area (Å²) in [6.07, 6.45) is 1.58. The Balaban J connectivity index is 5.56. The van der Waals surface area contributed by atoms with E-state index < -0.39 is 53.8 Å². The molecule has 0 saturated carbocycles. The van der Waals surface area contributed by atoms with Crippen LogP contribution in [0.4, 0.5) is 0 Å². The highest BCUT2D eigenvalue weighted by atomic mass is 16.4. The van der Waals surface area contributed by atoms with Crippen molar-refractivity contribution >= 4 is 29.7 Å². The van der Waals surface area contributed by atoms with Crippen LogP contribution in [0.25, 0.3) is 0 Å². The largest absolute Gasteiger partial charge is 0.481 e. The topological polar surface area (TPSA) is 214 Å². The maximum Gasteiger partial charge on any atom is 0.326 e. The normalized spacial score (nSPS) is 15.4. The summed E-state index contributed by atoms with van der Waals surface area (Å²) in [5, 5.41) is 26.0. The van der Waals surface area contributed by atoms with Gasteiger partial charge in [-0.05, 0) is 50.5 Å². The molecule has 0 aromatic rings. The molecule has 12 heteroatoms. The van der Waals surface area contributed by atoms with Gasteiger partial charge in [-0.3, -0.25) is 19.2 Å². The van der Waals surface area contributed by atoms with Gasteiger partial charge < -0.3 is 37.6 Å². The highest BCUT2D eigenvalue weighted by Crippen LogP contribution is 2.11. The SMILES string of the molecule is CC[C@H](C)[C@H](NC(=O)[C@H](CCC(=O)O)NC(=O)[C@@H](N)CC(C)C)C(=O)N[C@@H](CCCCN)C(=O)O. The molecule has 12 nitrogen and oxygen atoms in total. The zero-order valence-corrected chi connectivity index (χ0v) is 21.2. The summed E-state index contributed by atoms with van der Waals surface area (Å²) in [5.41, 5.74) is 11.3. The van der Waals surface area contributed by atoms with Gasteiger partial charge >= 0.3 is 11.9 Å². The molecule has 0 unspecified atom stereocenters. The number of aliphatic carboxylic acids is 2. The molecule has 0 saturated heterocycles. The van der Waals surface area contributed by atoms with Crippen LogP contribution in [0.5, 0.6) is 0 Å². The number of carboxylic acids is 2. The molecule has 0 aliphatic heterocycles. The first-order valence-electron chi connectivity index (χ1n) is 12.1. The number of nitrogens with one attached hydrogen (secondary N) is 3. The monoisotopic (exact) mass is 501 g/mol. The van der Waals surface area contributed by atoms with Crippen molar-refractivity contribution in [3.05, 3.63) is 0 Å². The van der Waals surface area contributed by atoms with E-state index in [2.05, 4.69) is 16.0 Å². The van der Waals surface area contributed by atoms with Crippen molar-refractivity contribution in [1.29, 1.82) is 0 Å². The van der Waals surface area contributed by atoms with Crippen molar-refractivity contribution in [2.24, 2.45) is 23.3 Å². The molecule has 0 aliphatic carbocycles. The second-order valence-corrected chi connectivity index (χ2v) is 9.29. The Bertz CT molecular complexity index is 716. The second kappa shape index (κ2) is 16.8. The number of hydrogen-bond acceptors (Lipinski definition) is 7. The molecular formula is C23H43N5O7. The quantitative estimate of drug-likeness (QED) is 0.125. The minimum atomic E-state index is -1.23. The predicted molar refractivity (Wildman–Crippen MR) is 130 cm³/mol. The lowest BCUT2D eigenvalue weighted by Crippen LogP contribution is -2.58. The summed E-state index contributed by atoms with van der Waals surface area (Å²) in [6.45, 7) is 7.70. The van der Waals surface area contributed by atoms with Crippen LogP contribution in [0.2, 0.25) is 0 Å². The maximum atomic E-state index is 13.0. The van der Waals surface area contributed by atoms with E-state index in [1.54, 1.807) is 6.92 Å². The van der Waals surface area contributed by atoms with Crippen molar-refractivity contribution in [3.8, 4) is 0 Å². The summed E-state index contributed by atoms with van der Waals surface area (Å²) in [4.78, 5) is 61.1. The van der Waals surface area contributed by atoms with Crippen LogP contribution < -0.4 is 27.4 Å². The fraction of sp³-hybridized carbons (Fsp3) is 0.783. The molecule has 0 radical (unpaired) electrons. The van der Waals surface area contributed by atoms with Crippen LogP contribution in [0.3, 0.4) is 0 Å². The van der Waals surface area contributed by atoms with Crippen molar-refractivity contribution in [2.75, 3.05) is 6.54 Å². The average Bonchev–Trinajstić information content (AvgIpc) is 2.77. The van der Waals surface area contributed by atoms with Crippen LogP contribution in [0, 0.1) is 11.8 Å². The standard InChI is InChI=1S/C23H43N5O7/c1-5-14(4)19(22(33)27-17(23(34)35)8-6-7-11-24)28-21(32)16(9-10-18(29)30)26-20(31)15(25)12-13(2)3/h13-17,19H,5-12,24-25H2,1-4H3,(H,26,31)(H,27,33)(H,28,32)(H,29,30)(H,34,35)/t14-,15-,16-,17-,19-/m0/s1. The van der Waals surface area contributed by atoms with Gasteiger partial charge in [-0.15, -0.1) is 0 Å². The molecule has 3 amide bonds. The van der Waals surface area contributed by atoms with Crippen LogP contribution in [0.1, 0.15) is 72.6 Å². The van der Waals surface area contributed by atoms with Crippen LogP contribution in [-0.4, -0.2) is 70.6 Å². The molecule has 0 rings (SSSR count). The summed E-state index contributed by atoms with van der Waals surface area (Å²) < 4.78 is 0. The van der Waals surface area contributed by atoms with Crippen molar-refractivity contribution in [3.63, 3.8) is 0 Å². The van der Waals surface area contributed by atoms with Gasteiger partial charge in [-0.2, -0.15) is 0 Å². The van der Waals surface area contributed by atoms with Crippen LogP contribution in [0.15, 0.2) is 0 Å². The number of nitrogens with two attached hydrogens (primary N) is 2. The van der Waals surface area contributed by atoms with Gasteiger partial charge in [0, 0.05) is 6.42 Å². The first kappa shape index (κ1) is 32.3. The van der Waals surface area contributed by atoms with E-state index in [1.165, 1.54) is 0 Å². The van der Waals surface area contributed by atoms with Gasteiger partial charge in [0.05, 0.1) is 6.04 Å². The van der Waals surface area contributed by atoms with Gasteiger partial charge in [0.2, 0.25) is 17.7 Å². The number of rotatable bonds is 18. The van der Waals surface area contributed by atoms with E-state index in [1.807, 2.05) is 20.8 Å². The molecule has 0 fully saturated rings. The average molecular weight is 502 g/mol. The third-order valence-electron chi connectivity index (χ3n) is 5.70. The van der Waals surface area contributed by atoms with Crippen molar-refractivity contribution < 1.29 is 34.2 Å². The Morgan fingerprint density at radius 3 is 1.91 bits per heavy atom. The predicted octanol–water partition coefficient (Wildman–Crippen LogP) is -0.0613. The molecule has 0 bridgehead atoms. The van der Waals surface area contributed by atoms with Gasteiger partial charge in [0.1, 0.15) is 18.1 Å². The summed E-state index contributed by atoms with van der Waals surface area (Å²) >= 11 is 0. The van der Waals surface area contributed by atoms with Crippen LogP contribution >= 0.6 is 0 Å². The molecule has 5 atom stereocenters. The summed E-state index contributed by atoms with van der Waals surface area (Å²) in [5.74, 6) is -4.60. The zero-order chi connectivity index (χ0) is 27.1. The van der Waals surface area contributed by atoms with Gasteiger partial charge in [0.25, 0.3) is 0 Å². The van der Waals surface area contributed by atoms with E-state index in [4.69, 9.17) is 16.6 Å². The molecule has 0 aliphatic rings. The highest BCUT2D eigenvalue weighted by molar-refractivity contribution is 5.94. The smallest absolute Gasteiger partial charge is 0.326 e. The molecule has 0 aromatic carbocycles.